The van der Waals surface area contributed by atoms with E-state index in [2.05, 4.69) is 41.5 Å². The average molecular weight is 308 g/mol. The van der Waals surface area contributed by atoms with E-state index in [0.717, 1.165) is 15.7 Å². The van der Waals surface area contributed by atoms with E-state index in [-0.39, 0.29) is 0 Å². The van der Waals surface area contributed by atoms with E-state index in [1.807, 2.05) is 18.3 Å². The van der Waals surface area contributed by atoms with Crippen molar-refractivity contribution < 1.29 is 0 Å². The first-order chi connectivity index (χ1) is 8.74. The Hall–Kier alpha value is -2.09. The van der Waals surface area contributed by atoms with E-state index in [1.165, 1.54) is 0 Å². The zero-order valence-corrected chi connectivity index (χ0v) is 10.8. The number of hydrogen-bond donors (Lipinski definition) is 3. The van der Waals surface area contributed by atoms with Gasteiger partial charge in [-0.05, 0) is 28.1 Å². The molecule has 0 saturated heterocycles. The topological polar surface area (TPSA) is 96.9 Å². The number of fused-ring (bicyclic) bond motifs is 1. The molecule has 8 heteroatoms. The van der Waals surface area contributed by atoms with E-state index < -0.39 is 0 Å². The summed E-state index contributed by atoms with van der Waals surface area (Å²) in [4.78, 5) is 4.36. The highest BCUT2D eigenvalue weighted by molar-refractivity contribution is 9.10. The molecule has 0 spiro atoms. The lowest BCUT2D eigenvalue weighted by atomic mass is 10.3. The highest BCUT2D eigenvalue weighted by Crippen LogP contribution is 2.17. The number of H-pyrrole nitrogens is 1. The number of rotatable bonds is 3. The molecule has 0 saturated carbocycles. The minimum absolute atomic E-state index is 0.525. The van der Waals surface area contributed by atoms with Crippen molar-refractivity contribution in [2.75, 3.05) is 11.1 Å². The summed E-state index contributed by atoms with van der Waals surface area (Å²) in [6.07, 6.45) is 3.51. The van der Waals surface area contributed by atoms with Crippen molar-refractivity contribution in [2.45, 2.75) is 6.54 Å². The number of anilines is 2. The summed E-state index contributed by atoms with van der Waals surface area (Å²) in [5, 5.41) is 13.9. The molecule has 0 unspecified atom stereocenters. The summed E-state index contributed by atoms with van der Waals surface area (Å²) in [5.74, 6) is 1.09. The van der Waals surface area contributed by atoms with Crippen LogP contribution >= 0.6 is 15.9 Å². The monoisotopic (exact) mass is 307 g/mol. The molecule has 3 aromatic heterocycles. The Bertz CT molecular complexity index is 686. The Labute approximate surface area is 111 Å². The normalized spacial score (nSPS) is 10.9. The Kier molecular flexibility index (Phi) is 2.63. The summed E-state index contributed by atoms with van der Waals surface area (Å²) in [6.45, 7) is 0.525. The van der Waals surface area contributed by atoms with Crippen LogP contribution in [-0.2, 0) is 6.54 Å². The highest BCUT2D eigenvalue weighted by Gasteiger charge is 2.07. The first kappa shape index (κ1) is 11.0. The molecule has 0 aliphatic carbocycles. The number of aromatic amines is 1. The van der Waals surface area contributed by atoms with Crippen LogP contribution in [0.3, 0.4) is 0 Å². The van der Waals surface area contributed by atoms with E-state index in [0.29, 0.717) is 18.3 Å². The van der Waals surface area contributed by atoms with Crippen LogP contribution in [0.5, 0.6) is 0 Å². The first-order valence-electron chi connectivity index (χ1n) is 5.26. The fourth-order valence-corrected chi connectivity index (χ4v) is 2.01. The zero-order chi connectivity index (χ0) is 12.5. The van der Waals surface area contributed by atoms with Gasteiger partial charge in [-0.15, -0.1) is 5.10 Å². The van der Waals surface area contributed by atoms with Gasteiger partial charge in [0.15, 0.2) is 5.65 Å². The number of hydrogen-bond acceptors (Lipinski definition) is 5. The van der Waals surface area contributed by atoms with Gasteiger partial charge < -0.3 is 11.1 Å². The summed E-state index contributed by atoms with van der Waals surface area (Å²) in [6, 6.07) is 3.81. The number of halogens is 1. The van der Waals surface area contributed by atoms with Crippen molar-refractivity contribution in [1.82, 2.24) is 24.8 Å². The Balaban J connectivity index is 1.83. The Morgan fingerprint density at radius 3 is 3.11 bits per heavy atom. The van der Waals surface area contributed by atoms with Gasteiger partial charge >= 0.3 is 0 Å². The third kappa shape index (κ3) is 1.90. The molecular weight excluding hydrogens is 298 g/mol. The summed E-state index contributed by atoms with van der Waals surface area (Å²) in [7, 11) is 0. The number of aromatic nitrogens is 5. The zero-order valence-electron chi connectivity index (χ0n) is 9.26. The molecule has 92 valence electrons. The number of nitrogen functional groups attached to an aromatic ring is 1. The lowest BCUT2D eigenvalue weighted by Gasteiger charge is -1.98. The lowest BCUT2D eigenvalue weighted by Crippen LogP contribution is -2.02. The van der Waals surface area contributed by atoms with E-state index in [1.54, 1.807) is 10.7 Å². The van der Waals surface area contributed by atoms with Crippen molar-refractivity contribution >= 4 is 33.3 Å². The third-order valence-corrected chi connectivity index (χ3v) is 3.12. The van der Waals surface area contributed by atoms with Gasteiger partial charge in [0.25, 0.3) is 0 Å². The van der Waals surface area contributed by atoms with Crippen LogP contribution < -0.4 is 11.1 Å². The lowest BCUT2D eigenvalue weighted by molar-refractivity contribution is 0.948. The van der Waals surface area contributed by atoms with Crippen LogP contribution in [0.4, 0.5) is 11.8 Å². The van der Waals surface area contributed by atoms with E-state index >= 15 is 0 Å². The second-order valence-electron chi connectivity index (χ2n) is 3.72. The molecule has 0 bridgehead atoms. The van der Waals surface area contributed by atoms with Gasteiger partial charge in [-0.3, -0.25) is 5.10 Å². The molecule has 18 heavy (non-hydrogen) atoms. The third-order valence-electron chi connectivity index (χ3n) is 2.50. The van der Waals surface area contributed by atoms with Gasteiger partial charge in [0.1, 0.15) is 5.82 Å². The van der Waals surface area contributed by atoms with E-state index in [9.17, 15) is 0 Å². The van der Waals surface area contributed by atoms with Crippen LogP contribution in [0.25, 0.3) is 5.65 Å². The van der Waals surface area contributed by atoms with Gasteiger partial charge in [-0.2, -0.15) is 10.1 Å². The van der Waals surface area contributed by atoms with Crippen molar-refractivity contribution in [1.29, 1.82) is 0 Å². The van der Waals surface area contributed by atoms with Crippen LogP contribution in [-0.4, -0.2) is 24.8 Å². The maximum absolute atomic E-state index is 5.69. The average Bonchev–Trinajstić information content (AvgIpc) is 2.93. The molecule has 0 aliphatic rings. The molecule has 0 amide bonds. The predicted molar refractivity (Wildman–Crippen MR) is 71.0 cm³/mol. The number of nitrogens with zero attached hydrogens (tertiary/aromatic N) is 4. The largest absolute Gasteiger partial charge is 0.384 e. The van der Waals surface area contributed by atoms with Crippen LogP contribution in [0.2, 0.25) is 0 Å². The quantitative estimate of drug-likeness (QED) is 0.680. The Morgan fingerprint density at radius 1 is 1.50 bits per heavy atom. The molecular formula is C10H10BrN7. The summed E-state index contributed by atoms with van der Waals surface area (Å²) >= 11 is 3.43. The van der Waals surface area contributed by atoms with Crippen molar-refractivity contribution in [3.63, 3.8) is 0 Å². The molecule has 3 heterocycles. The molecule has 4 N–H and O–H groups in total. The van der Waals surface area contributed by atoms with Gasteiger partial charge in [0.2, 0.25) is 5.95 Å². The molecule has 7 nitrogen and oxygen atoms in total. The van der Waals surface area contributed by atoms with Crippen LogP contribution in [0.1, 0.15) is 5.56 Å². The second kappa shape index (κ2) is 4.30. The number of nitrogens with one attached hydrogen (secondary N) is 2. The molecule has 3 rings (SSSR count). The van der Waals surface area contributed by atoms with Gasteiger partial charge in [0.05, 0.1) is 10.7 Å². The molecule has 0 fully saturated rings. The van der Waals surface area contributed by atoms with Crippen molar-refractivity contribution in [3.8, 4) is 0 Å². The standard InChI is InChI=1S/C10H10BrN7/c11-7-2-1-3-18-9(7)15-10(17-18)13-4-6-5-14-16-8(6)12/h1-3,5H,4H2,(H,13,17)(H3,12,14,16). The second-order valence-corrected chi connectivity index (χ2v) is 4.58. The first-order valence-corrected chi connectivity index (χ1v) is 6.06. The Morgan fingerprint density at radius 2 is 2.39 bits per heavy atom. The van der Waals surface area contributed by atoms with Gasteiger partial charge in [-0.1, -0.05) is 0 Å². The molecule has 0 aliphatic heterocycles. The predicted octanol–water partition coefficient (Wildman–Crippen LogP) is 1.41. The van der Waals surface area contributed by atoms with E-state index in [4.69, 9.17) is 5.73 Å². The van der Waals surface area contributed by atoms with Crippen LogP contribution in [0.15, 0.2) is 29.0 Å². The minimum Gasteiger partial charge on any atom is -0.384 e. The fourth-order valence-electron chi connectivity index (χ4n) is 1.58. The maximum Gasteiger partial charge on any atom is 0.243 e. The molecule has 3 aromatic rings. The van der Waals surface area contributed by atoms with Gasteiger partial charge in [-0.25, -0.2) is 4.52 Å². The fraction of sp³-hybridized carbons (Fsp3) is 0.100. The highest BCUT2D eigenvalue weighted by atomic mass is 79.9. The van der Waals surface area contributed by atoms with Gasteiger partial charge in [0, 0.05) is 18.3 Å². The smallest absolute Gasteiger partial charge is 0.243 e. The molecule has 0 aromatic carbocycles. The van der Waals surface area contributed by atoms with Crippen molar-refractivity contribution in [2.24, 2.45) is 0 Å². The van der Waals surface area contributed by atoms with Crippen LogP contribution in [0, 0.1) is 0 Å². The number of nitrogens with two attached hydrogens (primary N) is 1. The SMILES string of the molecule is Nc1[nH]ncc1CNc1nc2c(Br)cccn2n1. The molecule has 0 radical (unpaired) electrons. The maximum atomic E-state index is 5.69. The minimum atomic E-state index is 0.525. The summed E-state index contributed by atoms with van der Waals surface area (Å²) in [5.41, 5.74) is 7.34. The number of pyridine rings is 1. The van der Waals surface area contributed by atoms with Crippen molar-refractivity contribution in [3.05, 3.63) is 34.6 Å². The summed E-state index contributed by atoms with van der Waals surface area (Å²) < 4.78 is 2.60. The molecule has 0 atom stereocenters.